The fraction of sp³-hybridized carbons (Fsp3) is 0.333. The minimum Gasteiger partial charge on any atom is -0.480 e. The van der Waals surface area contributed by atoms with E-state index < -0.39 is 11.5 Å². The van der Waals surface area contributed by atoms with Crippen LogP contribution in [0.25, 0.3) is 10.9 Å². The van der Waals surface area contributed by atoms with E-state index in [1.54, 1.807) is 23.9 Å². The molecular formula is C15H16N2O3S. The van der Waals surface area contributed by atoms with Crippen LogP contribution in [0, 0.1) is 0 Å². The molecule has 1 aromatic heterocycles. The van der Waals surface area contributed by atoms with E-state index in [-0.39, 0.29) is 5.91 Å². The van der Waals surface area contributed by atoms with E-state index in [0.717, 1.165) is 22.4 Å². The summed E-state index contributed by atoms with van der Waals surface area (Å²) < 4.78 is 0. The number of aromatic nitrogens is 1. The number of hydrogen-bond acceptors (Lipinski definition) is 3. The van der Waals surface area contributed by atoms with Gasteiger partial charge in [0.15, 0.2) is 0 Å². The van der Waals surface area contributed by atoms with Crippen molar-refractivity contribution in [3.05, 3.63) is 36.0 Å². The zero-order valence-electron chi connectivity index (χ0n) is 11.4. The first-order valence-electron chi connectivity index (χ1n) is 6.82. The molecule has 0 bridgehead atoms. The number of carbonyl (C=O) groups excluding carboxylic acids is 1. The van der Waals surface area contributed by atoms with Crippen molar-refractivity contribution < 1.29 is 14.7 Å². The van der Waals surface area contributed by atoms with E-state index in [0.29, 0.717) is 18.4 Å². The van der Waals surface area contributed by atoms with Gasteiger partial charge < -0.3 is 15.4 Å². The molecule has 0 atom stereocenters. The third-order valence-electron chi connectivity index (χ3n) is 3.93. The maximum absolute atomic E-state index is 12.4. The summed E-state index contributed by atoms with van der Waals surface area (Å²) in [5.74, 6) is 0.225. The van der Waals surface area contributed by atoms with Crippen molar-refractivity contribution in [1.29, 1.82) is 0 Å². The number of benzene rings is 1. The number of hydrogen-bond donors (Lipinski definition) is 3. The van der Waals surface area contributed by atoms with Crippen LogP contribution in [0.1, 0.15) is 23.2 Å². The van der Waals surface area contributed by atoms with Gasteiger partial charge in [0, 0.05) is 17.3 Å². The third kappa shape index (κ3) is 2.63. The first kappa shape index (κ1) is 14.0. The SMILES string of the molecule is O=C(NC1(C(=O)O)CCSCC1)c1ccc2cc[nH]c2c1. The summed E-state index contributed by atoms with van der Waals surface area (Å²) in [4.78, 5) is 27.0. The maximum atomic E-state index is 12.4. The summed E-state index contributed by atoms with van der Waals surface area (Å²) in [5.41, 5.74) is 0.211. The zero-order valence-corrected chi connectivity index (χ0v) is 12.2. The minimum atomic E-state index is -1.13. The van der Waals surface area contributed by atoms with Crippen LogP contribution < -0.4 is 5.32 Å². The molecule has 0 saturated carbocycles. The lowest BCUT2D eigenvalue weighted by Crippen LogP contribution is -2.56. The Morgan fingerprint density at radius 2 is 2.00 bits per heavy atom. The van der Waals surface area contributed by atoms with Crippen molar-refractivity contribution in [2.75, 3.05) is 11.5 Å². The number of rotatable bonds is 3. The average Bonchev–Trinajstić information content (AvgIpc) is 2.95. The quantitative estimate of drug-likeness (QED) is 0.812. The van der Waals surface area contributed by atoms with Gasteiger partial charge in [-0.2, -0.15) is 11.8 Å². The number of carboxylic acid groups (broad SMARTS) is 1. The monoisotopic (exact) mass is 304 g/mol. The highest BCUT2D eigenvalue weighted by Crippen LogP contribution is 2.28. The summed E-state index contributed by atoms with van der Waals surface area (Å²) >= 11 is 1.72. The average molecular weight is 304 g/mol. The van der Waals surface area contributed by atoms with Crippen LogP contribution in [-0.2, 0) is 4.79 Å². The second-order valence-electron chi connectivity index (χ2n) is 5.23. The van der Waals surface area contributed by atoms with Crippen LogP contribution in [0.3, 0.4) is 0 Å². The van der Waals surface area contributed by atoms with Gasteiger partial charge in [-0.05, 0) is 47.9 Å². The Morgan fingerprint density at radius 1 is 1.24 bits per heavy atom. The largest absolute Gasteiger partial charge is 0.480 e. The lowest BCUT2D eigenvalue weighted by atomic mass is 9.92. The fourth-order valence-corrected chi connectivity index (χ4v) is 3.78. The van der Waals surface area contributed by atoms with E-state index in [1.807, 2.05) is 18.3 Å². The van der Waals surface area contributed by atoms with Crippen molar-refractivity contribution in [3.8, 4) is 0 Å². The summed E-state index contributed by atoms with van der Waals surface area (Å²) in [6, 6.07) is 7.25. The Bertz CT molecular complexity index is 689. The van der Waals surface area contributed by atoms with Crippen LogP contribution in [0.5, 0.6) is 0 Å². The summed E-state index contributed by atoms with van der Waals surface area (Å²) in [6.45, 7) is 0. The van der Waals surface area contributed by atoms with Gasteiger partial charge in [-0.3, -0.25) is 4.79 Å². The summed E-state index contributed by atoms with van der Waals surface area (Å²) in [5, 5.41) is 13.3. The molecule has 0 unspecified atom stereocenters. The molecule has 3 N–H and O–H groups in total. The number of carboxylic acids is 1. The Balaban J connectivity index is 1.85. The number of amides is 1. The van der Waals surface area contributed by atoms with E-state index in [1.165, 1.54) is 0 Å². The fourth-order valence-electron chi connectivity index (χ4n) is 2.59. The zero-order chi connectivity index (χ0) is 14.9. The van der Waals surface area contributed by atoms with E-state index in [4.69, 9.17) is 0 Å². The van der Waals surface area contributed by atoms with Gasteiger partial charge in [0.1, 0.15) is 5.54 Å². The predicted molar refractivity (Wildman–Crippen MR) is 82.7 cm³/mol. The molecule has 2 heterocycles. The Kier molecular flexibility index (Phi) is 3.63. The van der Waals surface area contributed by atoms with Gasteiger partial charge in [0.25, 0.3) is 5.91 Å². The predicted octanol–water partition coefficient (Wildman–Crippen LogP) is 2.25. The first-order valence-corrected chi connectivity index (χ1v) is 7.97. The van der Waals surface area contributed by atoms with Crippen LogP contribution in [0.2, 0.25) is 0 Å². The second kappa shape index (κ2) is 5.44. The molecule has 0 radical (unpaired) electrons. The Morgan fingerprint density at radius 3 is 2.71 bits per heavy atom. The molecule has 2 aromatic rings. The Hall–Kier alpha value is -1.95. The van der Waals surface area contributed by atoms with E-state index in [2.05, 4.69) is 10.3 Å². The van der Waals surface area contributed by atoms with Crippen molar-refractivity contribution in [2.24, 2.45) is 0 Å². The molecule has 0 aliphatic carbocycles. The Labute approximate surface area is 126 Å². The van der Waals surface area contributed by atoms with Crippen molar-refractivity contribution >= 4 is 34.5 Å². The number of thioether (sulfide) groups is 1. The lowest BCUT2D eigenvalue weighted by Gasteiger charge is -2.33. The van der Waals surface area contributed by atoms with Gasteiger partial charge in [-0.25, -0.2) is 4.79 Å². The normalized spacial score (nSPS) is 17.5. The number of fused-ring (bicyclic) bond motifs is 1. The van der Waals surface area contributed by atoms with Gasteiger partial charge in [-0.1, -0.05) is 6.07 Å². The molecule has 21 heavy (non-hydrogen) atoms. The first-order chi connectivity index (χ1) is 10.1. The van der Waals surface area contributed by atoms with Crippen LogP contribution in [0.15, 0.2) is 30.5 Å². The molecule has 1 amide bonds. The van der Waals surface area contributed by atoms with Crippen LogP contribution >= 0.6 is 11.8 Å². The lowest BCUT2D eigenvalue weighted by molar-refractivity contribution is -0.144. The van der Waals surface area contributed by atoms with Crippen molar-refractivity contribution in [1.82, 2.24) is 10.3 Å². The molecule has 1 aliphatic rings. The minimum absolute atomic E-state index is 0.333. The highest BCUT2D eigenvalue weighted by molar-refractivity contribution is 7.99. The van der Waals surface area contributed by atoms with Gasteiger partial charge in [0.05, 0.1) is 0 Å². The van der Waals surface area contributed by atoms with E-state index >= 15 is 0 Å². The topological polar surface area (TPSA) is 82.2 Å². The molecule has 0 spiro atoms. The van der Waals surface area contributed by atoms with Gasteiger partial charge in [0.2, 0.25) is 0 Å². The van der Waals surface area contributed by atoms with Crippen LogP contribution in [0.4, 0.5) is 0 Å². The molecule has 3 rings (SSSR count). The third-order valence-corrected chi connectivity index (χ3v) is 4.91. The smallest absolute Gasteiger partial charge is 0.329 e. The molecule has 5 nitrogen and oxygen atoms in total. The van der Waals surface area contributed by atoms with Crippen molar-refractivity contribution in [3.63, 3.8) is 0 Å². The molecule has 1 aromatic carbocycles. The number of aromatic amines is 1. The highest BCUT2D eigenvalue weighted by atomic mass is 32.2. The van der Waals surface area contributed by atoms with Crippen molar-refractivity contribution in [2.45, 2.75) is 18.4 Å². The molecule has 1 saturated heterocycles. The number of H-pyrrole nitrogens is 1. The second-order valence-corrected chi connectivity index (χ2v) is 6.46. The molecule has 110 valence electrons. The summed E-state index contributed by atoms with van der Waals surface area (Å²) in [6.07, 6.45) is 2.73. The highest BCUT2D eigenvalue weighted by Gasteiger charge is 2.41. The van der Waals surface area contributed by atoms with Gasteiger partial charge in [-0.15, -0.1) is 0 Å². The molecule has 1 aliphatic heterocycles. The molecule has 6 heteroatoms. The van der Waals surface area contributed by atoms with E-state index in [9.17, 15) is 14.7 Å². The number of carbonyl (C=O) groups is 2. The standard InChI is InChI=1S/C15H16N2O3S/c18-13(11-2-1-10-3-6-16-12(10)9-11)17-15(14(19)20)4-7-21-8-5-15/h1-3,6,9,16H,4-5,7-8H2,(H,17,18)(H,19,20). The summed E-state index contributed by atoms with van der Waals surface area (Å²) in [7, 11) is 0. The maximum Gasteiger partial charge on any atom is 0.329 e. The molecule has 1 fully saturated rings. The number of nitrogens with one attached hydrogen (secondary N) is 2. The van der Waals surface area contributed by atoms with Crippen LogP contribution in [-0.4, -0.2) is 39.0 Å². The van der Waals surface area contributed by atoms with Gasteiger partial charge >= 0.3 is 5.97 Å². The molecular weight excluding hydrogens is 288 g/mol. The number of aliphatic carboxylic acids is 1.